The number of rotatable bonds is 6. The van der Waals surface area contributed by atoms with Crippen molar-refractivity contribution in [3.05, 3.63) is 64.4 Å². The van der Waals surface area contributed by atoms with Crippen LogP contribution in [0.2, 0.25) is 5.02 Å². The molecule has 1 unspecified atom stereocenters. The minimum atomic E-state index is -0.338. The highest BCUT2D eigenvalue weighted by Crippen LogP contribution is 2.34. The molecule has 0 heterocycles. The van der Waals surface area contributed by atoms with Gasteiger partial charge in [-0.1, -0.05) is 42.8 Å². The molecule has 0 amide bonds. The van der Waals surface area contributed by atoms with Crippen LogP contribution < -0.4 is 10.1 Å². The molecule has 0 saturated heterocycles. The van der Waals surface area contributed by atoms with Crippen molar-refractivity contribution in [1.29, 1.82) is 0 Å². The Bertz CT molecular complexity index is 583. The fraction of sp³-hybridized carbons (Fsp3) is 0.294. The van der Waals surface area contributed by atoms with Gasteiger partial charge in [-0.2, -0.15) is 0 Å². The Morgan fingerprint density at radius 1 is 1.19 bits per heavy atom. The molecule has 112 valence electrons. The summed E-state index contributed by atoms with van der Waals surface area (Å²) in [5.74, 6) is 0.396. The van der Waals surface area contributed by atoms with Gasteiger partial charge in [0.1, 0.15) is 11.6 Å². The van der Waals surface area contributed by atoms with Crippen LogP contribution in [-0.2, 0) is 0 Å². The van der Waals surface area contributed by atoms with Gasteiger partial charge >= 0.3 is 0 Å². The average molecular weight is 308 g/mol. The first-order valence-corrected chi connectivity index (χ1v) is 7.37. The minimum absolute atomic E-state index is 0.318. The standard InChI is InChI=1S/C17H19ClFNO/c1-3-11-20-17(12-7-4-5-10-15(12)21-2)16-13(18)8-6-9-14(16)19/h4-10,17,20H,3,11H2,1-2H3. The number of hydrogen-bond donors (Lipinski definition) is 1. The third-order valence-electron chi connectivity index (χ3n) is 3.34. The van der Waals surface area contributed by atoms with Gasteiger partial charge < -0.3 is 10.1 Å². The maximum atomic E-state index is 14.3. The second-order valence-corrected chi connectivity index (χ2v) is 5.17. The number of ether oxygens (including phenoxy) is 1. The molecular weight excluding hydrogens is 289 g/mol. The molecule has 1 atom stereocenters. The van der Waals surface area contributed by atoms with Gasteiger partial charge in [0, 0.05) is 16.1 Å². The molecule has 0 radical (unpaired) electrons. The summed E-state index contributed by atoms with van der Waals surface area (Å²) in [6.45, 7) is 2.82. The number of halogens is 2. The van der Waals surface area contributed by atoms with Gasteiger partial charge in [0.2, 0.25) is 0 Å². The van der Waals surface area contributed by atoms with Crippen LogP contribution in [0.3, 0.4) is 0 Å². The quantitative estimate of drug-likeness (QED) is 0.843. The van der Waals surface area contributed by atoms with Crippen LogP contribution in [0.4, 0.5) is 4.39 Å². The van der Waals surface area contributed by atoms with Crippen LogP contribution in [0.1, 0.15) is 30.5 Å². The van der Waals surface area contributed by atoms with Crippen molar-refractivity contribution in [2.75, 3.05) is 13.7 Å². The average Bonchev–Trinajstić information content (AvgIpc) is 2.50. The van der Waals surface area contributed by atoms with Gasteiger partial charge in [-0.15, -0.1) is 0 Å². The van der Waals surface area contributed by atoms with E-state index in [1.54, 1.807) is 19.2 Å². The van der Waals surface area contributed by atoms with Crippen molar-refractivity contribution in [3.63, 3.8) is 0 Å². The second kappa shape index (κ2) is 7.43. The molecule has 2 aromatic rings. The highest BCUT2D eigenvalue weighted by atomic mass is 35.5. The van der Waals surface area contributed by atoms with E-state index in [2.05, 4.69) is 12.2 Å². The molecule has 0 aromatic heterocycles. The molecule has 0 saturated carbocycles. The molecule has 21 heavy (non-hydrogen) atoms. The van der Waals surface area contributed by atoms with Crippen LogP contribution in [-0.4, -0.2) is 13.7 Å². The zero-order chi connectivity index (χ0) is 15.2. The zero-order valence-corrected chi connectivity index (χ0v) is 13.0. The highest BCUT2D eigenvalue weighted by molar-refractivity contribution is 6.31. The maximum absolute atomic E-state index is 14.3. The Balaban J connectivity index is 2.53. The lowest BCUT2D eigenvalue weighted by atomic mass is 9.97. The fourth-order valence-electron chi connectivity index (χ4n) is 2.35. The SMILES string of the molecule is CCCNC(c1ccccc1OC)c1c(F)cccc1Cl. The molecule has 1 N–H and O–H groups in total. The lowest BCUT2D eigenvalue weighted by molar-refractivity contribution is 0.402. The monoisotopic (exact) mass is 307 g/mol. The summed E-state index contributed by atoms with van der Waals surface area (Å²) in [4.78, 5) is 0. The fourth-order valence-corrected chi connectivity index (χ4v) is 2.62. The van der Waals surface area contributed by atoms with Gasteiger partial charge in [0.25, 0.3) is 0 Å². The molecule has 0 spiro atoms. The molecule has 2 rings (SSSR count). The number of hydrogen-bond acceptors (Lipinski definition) is 2. The summed E-state index contributed by atoms with van der Waals surface area (Å²) in [7, 11) is 1.61. The molecule has 0 aliphatic heterocycles. The van der Waals surface area contributed by atoms with E-state index in [-0.39, 0.29) is 11.9 Å². The van der Waals surface area contributed by atoms with Crippen LogP contribution in [0, 0.1) is 5.82 Å². The van der Waals surface area contributed by atoms with Crippen molar-refractivity contribution >= 4 is 11.6 Å². The summed E-state index contributed by atoms with van der Waals surface area (Å²) in [6, 6.07) is 12.0. The number of para-hydroxylation sites is 1. The molecule has 0 bridgehead atoms. The number of benzene rings is 2. The lowest BCUT2D eigenvalue weighted by Gasteiger charge is -2.23. The predicted octanol–water partition coefficient (Wildman–Crippen LogP) is 4.58. The summed E-state index contributed by atoms with van der Waals surface area (Å²) in [5, 5.41) is 3.77. The molecule has 0 aliphatic rings. The molecule has 2 nitrogen and oxygen atoms in total. The van der Waals surface area contributed by atoms with Gasteiger partial charge in [-0.25, -0.2) is 4.39 Å². The third kappa shape index (κ3) is 3.55. The first-order chi connectivity index (χ1) is 10.2. The van der Waals surface area contributed by atoms with Crippen LogP contribution in [0.5, 0.6) is 5.75 Å². The lowest BCUT2D eigenvalue weighted by Crippen LogP contribution is -2.25. The van der Waals surface area contributed by atoms with E-state index in [0.29, 0.717) is 16.3 Å². The third-order valence-corrected chi connectivity index (χ3v) is 3.67. The van der Waals surface area contributed by atoms with Crippen LogP contribution >= 0.6 is 11.6 Å². The van der Waals surface area contributed by atoms with Crippen molar-refractivity contribution in [2.45, 2.75) is 19.4 Å². The van der Waals surface area contributed by atoms with E-state index in [1.807, 2.05) is 24.3 Å². The minimum Gasteiger partial charge on any atom is -0.496 e. The van der Waals surface area contributed by atoms with E-state index in [4.69, 9.17) is 16.3 Å². The first-order valence-electron chi connectivity index (χ1n) is 6.99. The normalized spacial score (nSPS) is 12.2. The van der Waals surface area contributed by atoms with Gasteiger partial charge in [-0.3, -0.25) is 0 Å². The van der Waals surface area contributed by atoms with Gasteiger partial charge in [0.15, 0.2) is 0 Å². The Morgan fingerprint density at radius 3 is 2.62 bits per heavy atom. The smallest absolute Gasteiger partial charge is 0.129 e. The van der Waals surface area contributed by atoms with Crippen molar-refractivity contribution in [1.82, 2.24) is 5.32 Å². The highest BCUT2D eigenvalue weighted by Gasteiger charge is 2.22. The number of methoxy groups -OCH3 is 1. The van der Waals surface area contributed by atoms with E-state index in [9.17, 15) is 4.39 Å². The maximum Gasteiger partial charge on any atom is 0.129 e. The summed E-state index contributed by atoms with van der Waals surface area (Å²) >= 11 is 6.23. The summed E-state index contributed by atoms with van der Waals surface area (Å²) in [6.07, 6.45) is 0.942. The molecular formula is C17H19ClFNO. The van der Waals surface area contributed by atoms with Crippen molar-refractivity contribution in [2.24, 2.45) is 0 Å². The van der Waals surface area contributed by atoms with E-state index in [0.717, 1.165) is 18.5 Å². The van der Waals surface area contributed by atoms with E-state index >= 15 is 0 Å². The largest absolute Gasteiger partial charge is 0.496 e. The first kappa shape index (κ1) is 15.8. The predicted molar refractivity (Wildman–Crippen MR) is 84.5 cm³/mol. The van der Waals surface area contributed by atoms with E-state index in [1.165, 1.54) is 6.07 Å². The number of nitrogens with one attached hydrogen (secondary N) is 1. The summed E-state index contributed by atoms with van der Waals surface area (Å²) < 4.78 is 19.7. The molecule has 0 aliphatic carbocycles. The van der Waals surface area contributed by atoms with Gasteiger partial charge in [0.05, 0.1) is 13.2 Å². The van der Waals surface area contributed by atoms with Crippen molar-refractivity contribution < 1.29 is 9.13 Å². The molecule has 4 heteroatoms. The Hall–Kier alpha value is -1.58. The Kier molecular flexibility index (Phi) is 5.59. The van der Waals surface area contributed by atoms with Gasteiger partial charge in [-0.05, 0) is 31.2 Å². The molecule has 0 fully saturated rings. The Labute approximate surface area is 129 Å². The summed E-state index contributed by atoms with van der Waals surface area (Å²) in [5.41, 5.74) is 1.33. The van der Waals surface area contributed by atoms with E-state index < -0.39 is 0 Å². The topological polar surface area (TPSA) is 21.3 Å². The zero-order valence-electron chi connectivity index (χ0n) is 12.2. The van der Waals surface area contributed by atoms with Crippen LogP contribution in [0.25, 0.3) is 0 Å². The van der Waals surface area contributed by atoms with Crippen LogP contribution in [0.15, 0.2) is 42.5 Å². The molecule has 2 aromatic carbocycles. The van der Waals surface area contributed by atoms with Crippen molar-refractivity contribution in [3.8, 4) is 5.75 Å². The Morgan fingerprint density at radius 2 is 1.95 bits per heavy atom. The second-order valence-electron chi connectivity index (χ2n) is 4.76.